The second kappa shape index (κ2) is 5.57. The molecule has 0 saturated heterocycles. The summed E-state index contributed by atoms with van der Waals surface area (Å²) in [5.74, 6) is -2.74. The number of hydrogen-bond acceptors (Lipinski definition) is 6. The summed E-state index contributed by atoms with van der Waals surface area (Å²) in [6.07, 6.45) is 1.48. The highest BCUT2D eigenvalue weighted by Gasteiger charge is 2.24. The van der Waals surface area contributed by atoms with Crippen LogP contribution in [0, 0.1) is 10.1 Å². The van der Waals surface area contributed by atoms with Crippen molar-refractivity contribution in [1.29, 1.82) is 0 Å². The predicted octanol–water partition coefficient (Wildman–Crippen LogP) is 0.330. The van der Waals surface area contributed by atoms with Gasteiger partial charge in [0.05, 0.1) is 11.3 Å². The number of carboxylic acid groups (broad SMARTS) is 2. The zero-order valence-electron chi connectivity index (χ0n) is 8.94. The van der Waals surface area contributed by atoms with Crippen LogP contribution in [0.3, 0.4) is 0 Å². The first kappa shape index (κ1) is 13.4. The van der Waals surface area contributed by atoms with Crippen LogP contribution in [0.4, 0.5) is 11.4 Å². The van der Waals surface area contributed by atoms with Crippen molar-refractivity contribution in [3.63, 3.8) is 0 Å². The van der Waals surface area contributed by atoms with Gasteiger partial charge in [0.15, 0.2) is 0 Å². The van der Waals surface area contributed by atoms with E-state index in [2.05, 4.69) is 10.3 Å². The Hall–Kier alpha value is -2.71. The van der Waals surface area contributed by atoms with Gasteiger partial charge in [0.25, 0.3) is 0 Å². The molecule has 96 valence electrons. The molecule has 0 aliphatic heterocycles. The van der Waals surface area contributed by atoms with E-state index < -0.39 is 35.0 Å². The maximum Gasteiger partial charge on any atom is 0.326 e. The zero-order valence-corrected chi connectivity index (χ0v) is 8.94. The maximum atomic E-state index is 10.8. The Morgan fingerprint density at radius 2 is 2.17 bits per heavy atom. The molecule has 9 nitrogen and oxygen atoms in total. The van der Waals surface area contributed by atoms with Crippen LogP contribution in [0.25, 0.3) is 0 Å². The molecule has 0 aliphatic rings. The lowest BCUT2D eigenvalue weighted by molar-refractivity contribution is -0.384. The molecular formula is C9H9N3O6. The quantitative estimate of drug-likeness (QED) is 0.487. The average molecular weight is 255 g/mol. The summed E-state index contributed by atoms with van der Waals surface area (Å²) in [6.45, 7) is 0. The van der Waals surface area contributed by atoms with E-state index in [0.29, 0.717) is 0 Å². The number of pyridine rings is 1. The number of rotatable bonds is 6. The number of nitro groups is 1. The van der Waals surface area contributed by atoms with Gasteiger partial charge in [0.2, 0.25) is 0 Å². The lowest BCUT2D eigenvalue weighted by atomic mass is 10.2. The minimum Gasteiger partial charge on any atom is -0.481 e. The number of hydrogen-bond donors (Lipinski definition) is 3. The van der Waals surface area contributed by atoms with Crippen LogP contribution >= 0.6 is 0 Å². The van der Waals surface area contributed by atoms with E-state index in [4.69, 9.17) is 10.2 Å². The van der Waals surface area contributed by atoms with E-state index in [-0.39, 0.29) is 5.69 Å². The van der Waals surface area contributed by atoms with Crippen molar-refractivity contribution in [3.8, 4) is 0 Å². The molecule has 1 aromatic rings. The third-order valence-electron chi connectivity index (χ3n) is 2.00. The SMILES string of the molecule is O=C(O)CC(Nc1ccncc1[N+](=O)[O-])C(=O)O. The van der Waals surface area contributed by atoms with Gasteiger partial charge in [0.1, 0.15) is 17.9 Å². The number of anilines is 1. The minimum absolute atomic E-state index is 0.0938. The molecule has 0 fully saturated rings. The Kier molecular flexibility index (Phi) is 4.13. The van der Waals surface area contributed by atoms with Crippen molar-refractivity contribution >= 4 is 23.3 Å². The number of aliphatic carboxylic acids is 2. The van der Waals surface area contributed by atoms with Crippen LogP contribution in [0.5, 0.6) is 0 Å². The molecular weight excluding hydrogens is 246 g/mol. The third-order valence-corrected chi connectivity index (χ3v) is 2.00. The molecule has 1 rings (SSSR count). The molecule has 0 bridgehead atoms. The third kappa shape index (κ3) is 3.40. The van der Waals surface area contributed by atoms with Crippen molar-refractivity contribution < 1.29 is 24.7 Å². The molecule has 0 radical (unpaired) electrons. The first-order chi connectivity index (χ1) is 8.41. The smallest absolute Gasteiger partial charge is 0.326 e. The minimum atomic E-state index is -1.46. The van der Waals surface area contributed by atoms with E-state index in [9.17, 15) is 19.7 Å². The Bertz CT molecular complexity index is 489. The van der Waals surface area contributed by atoms with Crippen molar-refractivity contribution in [2.75, 3.05) is 5.32 Å². The number of nitrogens with zero attached hydrogens (tertiary/aromatic N) is 2. The van der Waals surface area contributed by atoms with Crippen molar-refractivity contribution in [2.45, 2.75) is 12.5 Å². The standard InChI is InChI=1S/C9H9N3O6/c13-8(14)3-6(9(15)16)11-5-1-2-10-4-7(5)12(17)18/h1-2,4,6H,3H2,(H,10,11)(H,13,14)(H,15,16). The summed E-state index contributed by atoms with van der Waals surface area (Å²) in [6, 6.07) is -0.251. The van der Waals surface area contributed by atoms with Crippen molar-refractivity contribution in [1.82, 2.24) is 4.98 Å². The second-order valence-corrected chi connectivity index (χ2v) is 3.28. The highest BCUT2D eigenvalue weighted by molar-refractivity contribution is 5.84. The highest BCUT2D eigenvalue weighted by Crippen LogP contribution is 2.23. The molecule has 0 amide bonds. The largest absolute Gasteiger partial charge is 0.481 e. The van der Waals surface area contributed by atoms with E-state index in [0.717, 1.165) is 6.20 Å². The lowest BCUT2D eigenvalue weighted by Gasteiger charge is -2.13. The first-order valence-electron chi connectivity index (χ1n) is 4.71. The molecule has 0 saturated carbocycles. The van der Waals surface area contributed by atoms with Gasteiger partial charge in [-0.1, -0.05) is 0 Å². The van der Waals surface area contributed by atoms with E-state index in [1.807, 2.05) is 0 Å². The number of aromatic nitrogens is 1. The predicted molar refractivity (Wildman–Crippen MR) is 58.2 cm³/mol. The summed E-state index contributed by atoms with van der Waals surface area (Å²) >= 11 is 0. The van der Waals surface area contributed by atoms with Crippen molar-refractivity contribution in [2.24, 2.45) is 0 Å². The average Bonchev–Trinajstić information content (AvgIpc) is 2.27. The fraction of sp³-hybridized carbons (Fsp3) is 0.222. The van der Waals surface area contributed by atoms with Crippen LogP contribution in [0.2, 0.25) is 0 Å². The molecule has 0 aliphatic carbocycles. The van der Waals surface area contributed by atoms with Gasteiger partial charge in [-0.05, 0) is 6.07 Å². The van der Waals surface area contributed by atoms with Gasteiger partial charge in [-0.25, -0.2) is 4.79 Å². The Balaban J connectivity index is 2.97. The summed E-state index contributed by atoms with van der Waals surface area (Å²) in [7, 11) is 0. The van der Waals surface area contributed by atoms with E-state index in [1.54, 1.807) is 0 Å². The molecule has 1 atom stereocenters. The lowest BCUT2D eigenvalue weighted by Crippen LogP contribution is -2.32. The van der Waals surface area contributed by atoms with Gasteiger partial charge >= 0.3 is 17.6 Å². The molecule has 1 unspecified atom stereocenters. The van der Waals surface area contributed by atoms with E-state index >= 15 is 0 Å². The van der Waals surface area contributed by atoms with Gasteiger partial charge in [-0.15, -0.1) is 0 Å². The fourth-order valence-corrected chi connectivity index (χ4v) is 1.22. The molecule has 18 heavy (non-hydrogen) atoms. The van der Waals surface area contributed by atoms with Crippen molar-refractivity contribution in [3.05, 3.63) is 28.6 Å². The topological polar surface area (TPSA) is 143 Å². The Labute approximate surface area is 100 Å². The normalized spacial score (nSPS) is 11.6. The molecule has 0 aromatic carbocycles. The van der Waals surface area contributed by atoms with E-state index in [1.165, 1.54) is 12.3 Å². The van der Waals surface area contributed by atoms with Gasteiger partial charge in [0, 0.05) is 6.20 Å². The number of carboxylic acids is 2. The van der Waals surface area contributed by atoms with Crippen LogP contribution in [-0.2, 0) is 9.59 Å². The highest BCUT2D eigenvalue weighted by atomic mass is 16.6. The van der Waals surface area contributed by atoms with Crippen LogP contribution in [0.15, 0.2) is 18.5 Å². The monoisotopic (exact) mass is 255 g/mol. The first-order valence-corrected chi connectivity index (χ1v) is 4.71. The van der Waals surface area contributed by atoms with Crippen LogP contribution in [0.1, 0.15) is 6.42 Å². The number of carbonyl (C=O) groups is 2. The summed E-state index contributed by atoms with van der Waals surface area (Å²) < 4.78 is 0. The molecule has 1 aromatic heterocycles. The summed E-state index contributed by atoms with van der Waals surface area (Å²) in [5, 5.41) is 30.3. The van der Waals surface area contributed by atoms with Gasteiger partial charge < -0.3 is 15.5 Å². The maximum absolute atomic E-state index is 10.8. The van der Waals surface area contributed by atoms with Gasteiger partial charge in [-0.3, -0.25) is 19.9 Å². The molecule has 3 N–H and O–H groups in total. The van der Waals surface area contributed by atoms with Crippen LogP contribution in [-0.4, -0.2) is 38.1 Å². The summed E-state index contributed by atoms with van der Waals surface area (Å²) in [5.41, 5.74) is -0.516. The Morgan fingerprint density at radius 1 is 1.50 bits per heavy atom. The van der Waals surface area contributed by atoms with Gasteiger partial charge in [-0.2, -0.15) is 0 Å². The zero-order chi connectivity index (χ0) is 13.7. The summed E-state index contributed by atoms with van der Waals surface area (Å²) in [4.78, 5) is 34.7. The molecule has 0 spiro atoms. The van der Waals surface area contributed by atoms with Crippen LogP contribution < -0.4 is 5.32 Å². The Morgan fingerprint density at radius 3 is 2.67 bits per heavy atom. The molecule has 9 heteroatoms. The molecule has 1 heterocycles. The second-order valence-electron chi connectivity index (χ2n) is 3.28. The fourth-order valence-electron chi connectivity index (χ4n) is 1.22. The number of nitrogens with one attached hydrogen (secondary N) is 1.